The van der Waals surface area contributed by atoms with Crippen LogP contribution in [0.25, 0.3) is 0 Å². The zero-order valence-corrected chi connectivity index (χ0v) is 12.4. The molecule has 5 nitrogen and oxygen atoms in total. The van der Waals surface area contributed by atoms with Gasteiger partial charge in [-0.1, -0.05) is 18.3 Å². The Kier molecular flexibility index (Phi) is 5.34. The molecule has 21 heavy (non-hydrogen) atoms. The summed E-state index contributed by atoms with van der Waals surface area (Å²) in [6.45, 7) is 0.752. The fraction of sp³-hybridized carbons (Fsp3) is 0.200. The summed E-state index contributed by atoms with van der Waals surface area (Å²) in [4.78, 5) is 14.7. The first-order valence-corrected chi connectivity index (χ1v) is 6.84. The molecule has 0 spiro atoms. The van der Waals surface area contributed by atoms with Gasteiger partial charge in [-0.3, -0.25) is 4.79 Å². The average molecular weight is 304 g/mol. The molecule has 1 aromatic heterocycles. The summed E-state index contributed by atoms with van der Waals surface area (Å²) < 4.78 is 11.1. The van der Waals surface area contributed by atoms with E-state index >= 15 is 0 Å². The Morgan fingerprint density at radius 2 is 2.10 bits per heavy atom. The minimum absolute atomic E-state index is 0.217. The van der Waals surface area contributed by atoms with Crippen LogP contribution in [0.2, 0.25) is 0 Å². The van der Waals surface area contributed by atoms with Crippen molar-refractivity contribution in [2.24, 2.45) is 0 Å². The van der Waals surface area contributed by atoms with Crippen LogP contribution in [-0.4, -0.2) is 31.2 Å². The maximum absolute atomic E-state index is 11.9. The van der Waals surface area contributed by atoms with Crippen molar-refractivity contribution >= 4 is 18.1 Å². The third-order valence-corrected chi connectivity index (χ3v) is 3.10. The van der Waals surface area contributed by atoms with Crippen LogP contribution in [0.4, 0.5) is 0 Å². The van der Waals surface area contributed by atoms with Crippen LogP contribution in [0, 0.1) is 4.64 Å². The van der Waals surface area contributed by atoms with E-state index in [2.05, 4.69) is 10.3 Å². The maximum Gasteiger partial charge on any atom is 0.254 e. The molecule has 2 rings (SSSR count). The molecule has 0 aliphatic carbocycles. The smallest absolute Gasteiger partial charge is 0.254 e. The second-order valence-electron chi connectivity index (χ2n) is 4.20. The van der Waals surface area contributed by atoms with Gasteiger partial charge in [0, 0.05) is 12.3 Å². The highest BCUT2D eigenvalue weighted by atomic mass is 32.1. The first-order valence-electron chi connectivity index (χ1n) is 6.43. The van der Waals surface area contributed by atoms with E-state index in [0.717, 1.165) is 5.75 Å². The van der Waals surface area contributed by atoms with Crippen molar-refractivity contribution in [1.82, 2.24) is 10.3 Å². The number of aromatic nitrogens is 1. The normalized spacial score (nSPS) is 9.95. The minimum Gasteiger partial charge on any atom is -0.497 e. The lowest BCUT2D eigenvalue weighted by Gasteiger charge is -2.09. The van der Waals surface area contributed by atoms with E-state index in [1.807, 2.05) is 18.2 Å². The molecule has 2 N–H and O–H groups in total. The van der Waals surface area contributed by atoms with Gasteiger partial charge in [0.05, 0.1) is 19.2 Å². The predicted molar refractivity (Wildman–Crippen MR) is 82.4 cm³/mol. The van der Waals surface area contributed by atoms with E-state index in [9.17, 15) is 4.79 Å². The van der Waals surface area contributed by atoms with Crippen LogP contribution in [-0.2, 0) is 0 Å². The quantitative estimate of drug-likeness (QED) is 0.636. The number of amides is 1. The highest BCUT2D eigenvalue weighted by molar-refractivity contribution is 7.71. The number of nitrogens with one attached hydrogen (secondary N) is 2. The van der Waals surface area contributed by atoms with E-state index in [-0.39, 0.29) is 5.91 Å². The summed E-state index contributed by atoms with van der Waals surface area (Å²) in [6, 6.07) is 10.7. The topological polar surface area (TPSA) is 63.4 Å². The van der Waals surface area contributed by atoms with Gasteiger partial charge in [-0.25, -0.2) is 0 Å². The van der Waals surface area contributed by atoms with Crippen molar-refractivity contribution in [2.45, 2.75) is 0 Å². The van der Waals surface area contributed by atoms with Crippen LogP contribution >= 0.6 is 12.2 Å². The molecule has 1 amide bonds. The summed E-state index contributed by atoms with van der Waals surface area (Å²) in [5, 5.41) is 2.76. The van der Waals surface area contributed by atoms with E-state index in [1.54, 1.807) is 31.5 Å². The molecule has 0 fully saturated rings. The lowest BCUT2D eigenvalue weighted by molar-refractivity contribution is 0.0946. The van der Waals surface area contributed by atoms with Crippen molar-refractivity contribution in [2.75, 3.05) is 20.3 Å². The molecule has 110 valence electrons. The standard InChI is InChI=1S/C15H16N2O3S/c1-19-11-4-2-5-12(10-11)20-9-8-16-14(18)13-6-3-7-17-15(13)21/h2-7,10H,8-9H2,1H3,(H,16,18)(H,17,21). The van der Waals surface area contributed by atoms with Crippen LogP contribution in [0.1, 0.15) is 10.4 Å². The SMILES string of the molecule is COc1cccc(OCCNC(=O)c2ccc[nH]c2=S)c1. The Hall–Kier alpha value is -2.34. The van der Waals surface area contributed by atoms with E-state index < -0.39 is 0 Å². The number of methoxy groups -OCH3 is 1. The summed E-state index contributed by atoms with van der Waals surface area (Å²) in [5.41, 5.74) is 0.453. The van der Waals surface area contributed by atoms with Gasteiger partial charge < -0.3 is 19.8 Å². The second kappa shape index (κ2) is 7.44. The largest absolute Gasteiger partial charge is 0.497 e. The summed E-state index contributed by atoms with van der Waals surface area (Å²) in [7, 11) is 1.60. The van der Waals surface area contributed by atoms with E-state index in [1.165, 1.54) is 0 Å². The van der Waals surface area contributed by atoms with Crippen molar-refractivity contribution < 1.29 is 14.3 Å². The maximum atomic E-state index is 11.9. The summed E-state index contributed by atoms with van der Waals surface area (Å²) in [5.74, 6) is 1.21. The Bertz CT molecular complexity index is 670. The van der Waals surface area contributed by atoms with Crippen molar-refractivity contribution in [3.05, 3.63) is 52.8 Å². The summed E-state index contributed by atoms with van der Waals surface area (Å²) >= 11 is 5.05. The third-order valence-electron chi connectivity index (χ3n) is 2.76. The molecular formula is C15H16N2O3S. The van der Waals surface area contributed by atoms with Crippen molar-refractivity contribution in [3.63, 3.8) is 0 Å². The molecule has 0 bridgehead atoms. The lowest BCUT2D eigenvalue weighted by atomic mass is 10.3. The Balaban J connectivity index is 1.81. The first kappa shape index (κ1) is 15.1. The number of benzene rings is 1. The number of carbonyl (C=O) groups excluding carboxylic acids is 1. The van der Waals surface area contributed by atoms with Crippen molar-refractivity contribution in [1.29, 1.82) is 0 Å². The Morgan fingerprint density at radius 3 is 2.86 bits per heavy atom. The molecule has 0 atom stereocenters. The van der Waals surface area contributed by atoms with Gasteiger partial charge in [0.15, 0.2) is 0 Å². The van der Waals surface area contributed by atoms with Crippen LogP contribution in [0.15, 0.2) is 42.6 Å². The number of pyridine rings is 1. The zero-order valence-electron chi connectivity index (χ0n) is 11.6. The third kappa shape index (κ3) is 4.32. The molecule has 1 aromatic carbocycles. The lowest BCUT2D eigenvalue weighted by Crippen LogP contribution is -2.28. The monoisotopic (exact) mass is 304 g/mol. The van der Waals surface area contributed by atoms with E-state index in [0.29, 0.717) is 29.1 Å². The number of carbonyl (C=O) groups is 1. The predicted octanol–water partition coefficient (Wildman–Crippen LogP) is 2.56. The van der Waals surface area contributed by atoms with Crippen LogP contribution < -0.4 is 14.8 Å². The van der Waals surface area contributed by atoms with Gasteiger partial charge in [0.2, 0.25) is 0 Å². The molecule has 2 aromatic rings. The molecule has 1 heterocycles. The van der Waals surface area contributed by atoms with E-state index in [4.69, 9.17) is 21.7 Å². The molecular weight excluding hydrogens is 288 g/mol. The fourth-order valence-electron chi connectivity index (χ4n) is 1.72. The van der Waals surface area contributed by atoms with Gasteiger partial charge in [-0.2, -0.15) is 0 Å². The highest BCUT2D eigenvalue weighted by Crippen LogP contribution is 2.18. The molecule has 0 aliphatic heterocycles. The van der Waals surface area contributed by atoms with Crippen molar-refractivity contribution in [3.8, 4) is 11.5 Å². The second-order valence-corrected chi connectivity index (χ2v) is 4.60. The Labute approximate surface area is 127 Å². The van der Waals surface area contributed by atoms with Gasteiger partial charge in [0.1, 0.15) is 22.7 Å². The molecule has 6 heteroatoms. The van der Waals surface area contributed by atoms with Gasteiger partial charge in [-0.15, -0.1) is 0 Å². The average Bonchev–Trinajstić information content (AvgIpc) is 2.52. The molecule has 0 unspecified atom stereocenters. The van der Waals surface area contributed by atoms with Crippen LogP contribution in [0.5, 0.6) is 11.5 Å². The molecule has 0 radical (unpaired) electrons. The number of aromatic amines is 1. The number of rotatable bonds is 6. The van der Waals surface area contributed by atoms with Crippen LogP contribution in [0.3, 0.4) is 0 Å². The van der Waals surface area contributed by atoms with Gasteiger partial charge in [-0.05, 0) is 24.3 Å². The zero-order chi connectivity index (χ0) is 15.1. The summed E-state index contributed by atoms with van der Waals surface area (Å²) in [6.07, 6.45) is 1.69. The number of H-pyrrole nitrogens is 1. The number of ether oxygens (including phenoxy) is 2. The van der Waals surface area contributed by atoms with Gasteiger partial charge >= 0.3 is 0 Å². The molecule has 0 saturated heterocycles. The molecule has 0 saturated carbocycles. The number of hydrogen-bond acceptors (Lipinski definition) is 4. The first-order chi connectivity index (χ1) is 10.2. The Morgan fingerprint density at radius 1 is 1.29 bits per heavy atom. The molecule has 0 aliphatic rings. The number of hydrogen-bond donors (Lipinski definition) is 2. The fourth-order valence-corrected chi connectivity index (χ4v) is 1.95. The highest BCUT2D eigenvalue weighted by Gasteiger charge is 2.06. The van der Waals surface area contributed by atoms with Gasteiger partial charge in [0.25, 0.3) is 5.91 Å². The minimum atomic E-state index is -0.217.